The van der Waals surface area contributed by atoms with Crippen molar-refractivity contribution < 1.29 is 29.4 Å². The Hall–Kier alpha value is -4.16. The summed E-state index contributed by atoms with van der Waals surface area (Å²) in [5.41, 5.74) is 4.91. The number of fused-ring (bicyclic) bond motifs is 2. The highest BCUT2D eigenvalue weighted by atomic mass is 16.3. The van der Waals surface area contributed by atoms with Gasteiger partial charge in [-0.1, -0.05) is 27.7 Å². The summed E-state index contributed by atoms with van der Waals surface area (Å²) in [5.74, 6) is -0.429. The number of carbonyl (C=O) groups excluding carboxylic acids is 4. The minimum absolute atomic E-state index is 0.0545. The van der Waals surface area contributed by atoms with Crippen LogP contribution in [-0.4, -0.2) is 85.3 Å². The highest BCUT2D eigenvalue weighted by Crippen LogP contribution is 2.31. The summed E-state index contributed by atoms with van der Waals surface area (Å²) in [7, 11) is 3.77. The smallest absolute Gasteiger partial charge is 0.243 e. The molecule has 0 radical (unpaired) electrons. The molecule has 0 bridgehead atoms. The van der Waals surface area contributed by atoms with E-state index in [1.54, 1.807) is 0 Å². The molecule has 0 aromatic heterocycles. The standard InChI is InChI=1S/C36H52N6O6/c1-21(2)33-35(47)39-27(19-43)17-23-15-25(11-13-29(23)41(33)5)37-31(45)9-7-8-10-32(46)38-26-12-14-30-24(16-26)18-28(20-44)40-36(48)34(22(3)4)42(30)6/h11-16,21-22,27-28,33-34,43-44H,7-10,17-20H2,1-6H3,(H,37,45)(H,38,46)(H,39,47)(H,40,48)/t27-,28+,33-,34+. The summed E-state index contributed by atoms with van der Waals surface area (Å²) in [4.78, 5) is 55.2. The van der Waals surface area contributed by atoms with Gasteiger partial charge in [-0.2, -0.15) is 0 Å². The van der Waals surface area contributed by atoms with Gasteiger partial charge in [0.25, 0.3) is 0 Å². The largest absolute Gasteiger partial charge is 0.394 e. The zero-order valence-electron chi connectivity index (χ0n) is 29.0. The van der Waals surface area contributed by atoms with Crippen LogP contribution in [0.4, 0.5) is 22.7 Å². The molecular formula is C36H52N6O6. The molecule has 262 valence electrons. The van der Waals surface area contributed by atoms with Crippen molar-refractivity contribution in [3.8, 4) is 0 Å². The van der Waals surface area contributed by atoms with Crippen LogP contribution in [0.15, 0.2) is 36.4 Å². The third kappa shape index (κ3) is 8.84. The zero-order valence-corrected chi connectivity index (χ0v) is 29.0. The van der Waals surface area contributed by atoms with E-state index in [0.29, 0.717) is 37.1 Å². The van der Waals surface area contributed by atoms with Gasteiger partial charge in [-0.3, -0.25) is 19.2 Å². The highest BCUT2D eigenvalue weighted by molar-refractivity contribution is 5.93. The van der Waals surface area contributed by atoms with Crippen molar-refractivity contribution in [3.05, 3.63) is 47.5 Å². The molecular weight excluding hydrogens is 612 g/mol. The Balaban J connectivity index is 1.31. The number of aliphatic hydroxyl groups excluding tert-OH is 2. The van der Waals surface area contributed by atoms with Gasteiger partial charge in [0.1, 0.15) is 12.1 Å². The van der Waals surface area contributed by atoms with Gasteiger partial charge >= 0.3 is 0 Å². The highest BCUT2D eigenvalue weighted by Gasteiger charge is 2.33. The third-order valence-electron chi connectivity index (χ3n) is 9.25. The van der Waals surface area contributed by atoms with Gasteiger partial charge in [-0.15, -0.1) is 0 Å². The molecule has 2 aromatic rings. The number of hydrogen-bond donors (Lipinski definition) is 6. The molecule has 2 aliphatic heterocycles. The third-order valence-corrected chi connectivity index (χ3v) is 9.25. The number of carbonyl (C=O) groups is 4. The van der Waals surface area contributed by atoms with E-state index in [2.05, 4.69) is 21.3 Å². The van der Waals surface area contributed by atoms with Crippen LogP contribution in [-0.2, 0) is 32.0 Å². The zero-order chi connectivity index (χ0) is 35.1. The average molecular weight is 665 g/mol. The Labute approximate surface area is 283 Å². The quantitative estimate of drug-likeness (QED) is 0.200. The molecule has 0 unspecified atom stereocenters. The predicted molar refractivity (Wildman–Crippen MR) is 188 cm³/mol. The van der Waals surface area contributed by atoms with Crippen LogP contribution in [0.5, 0.6) is 0 Å². The Morgan fingerprint density at radius 2 is 1.10 bits per heavy atom. The SMILES string of the molecule is CC(C)[C@H]1C(=O)N[C@H](CO)Cc2cc(NC(=O)CCCCC(=O)Nc3ccc4c(c3)C[C@H](CO)NC(=O)[C@@H](C(C)C)N4C)ccc2N1C. The van der Waals surface area contributed by atoms with Gasteiger partial charge in [-0.05, 0) is 85.0 Å². The van der Waals surface area contributed by atoms with Crippen LogP contribution in [0.1, 0.15) is 64.5 Å². The number of aliphatic hydroxyl groups is 2. The maximum atomic E-state index is 12.8. The monoisotopic (exact) mass is 664 g/mol. The second-order valence-electron chi connectivity index (χ2n) is 13.8. The summed E-state index contributed by atoms with van der Waals surface area (Å²) in [6, 6.07) is 9.64. The predicted octanol–water partition coefficient (Wildman–Crippen LogP) is 2.81. The summed E-state index contributed by atoms with van der Waals surface area (Å²) in [6.45, 7) is 7.58. The number of hydrogen-bond acceptors (Lipinski definition) is 8. The van der Waals surface area contributed by atoms with E-state index >= 15 is 0 Å². The van der Waals surface area contributed by atoms with Crippen LogP contribution in [0.3, 0.4) is 0 Å². The first kappa shape index (κ1) is 36.7. The van der Waals surface area contributed by atoms with Crippen molar-refractivity contribution in [1.29, 1.82) is 0 Å². The van der Waals surface area contributed by atoms with Crippen LogP contribution >= 0.6 is 0 Å². The van der Waals surface area contributed by atoms with Crippen molar-refractivity contribution in [1.82, 2.24) is 10.6 Å². The maximum absolute atomic E-state index is 12.8. The molecule has 0 fully saturated rings. The molecule has 4 amide bonds. The number of rotatable bonds is 11. The van der Waals surface area contributed by atoms with Gasteiger partial charge in [0.2, 0.25) is 23.6 Å². The molecule has 48 heavy (non-hydrogen) atoms. The van der Waals surface area contributed by atoms with Crippen LogP contribution in [0, 0.1) is 11.8 Å². The Morgan fingerprint density at radius 1 is 0.729 bits per heavy atom. The van der Waals surface area contributed by atoms with Gasteiger partial charge in [0.05, 0.1) is 25.3 Å². The number of nitrogens with zero attached hydrogens (tertiary/aromatic N) is 2. The summed E-state index contributed by atoms with van der Waals surface area (Å²) < 4.78 is 0. The fourth-order valence-electron chi connectivity index (χ4n) is 6.94. The van der Waals surface area contributed by atoms with E-state index in [-0.39, 0.29) is 73.6 Å². The first-order valence-electron chi connectivity index (χ1n) is 17.0. The van der Waals surface area contributed by atoms with Gasteiger partial charge in [0, 0.05) is 49.7 Å². The summed E-state index contributed by atoms with van der Waals surface area (Å²) in [5, 5.41) is 31.6. The van der Waals surface area contributed by atoms with E-state index in [1.165, 1.54) is 0 Å². The van der Waals surface area contributed by atoms with Gasteiger partial charge in [0.15, 0.2) is 0 Å². The van der Waals surface area contributed by atoms with Crippen molar-refractivity contribution in [2.45, 2.75) is 90.4 Å². The van der Waals surface area contributed by atoms with Gasteiger partial charge in [-0.25, -0.2) is 0 Å². The van der Waals surface area contributed by atoms with E-state index in [0.717, 1.165) is 22.5 Å². The molecule has 0 aliphatic carbocycles. The molecule has 4 atom stereocenters. The lowest BCUT2D eigenvalue weighted by atomic mass is 9.95. The molecule has 12 heteroatoms. The van der Waals surface area contributed by atoms with Gasteiger partial charge < -0.3 is 41.3 Å². The van der Waals surface area contributed by atoms with Crippen molar-refractivity contribution in [2.24, 2.45) is 11.8 Å². The Morgan fingerprint density at radius 3 is 1.44 bits per heavy atom. The number of benzene rings is 2. The fourth-order valence-corrected chi connectivity index (χ4v) is 6.94. The number of unbranched alkanes of at least 4 members (excludes halogenated alkanes) is 1. The van der Waals surface area contributed by atoms with E-state index in [1.807, 2.05) is 88.0 Å². The molecule has 0 saturated heterocycles. The molecule has 4 rings (SSSR count). The molecule has 12 nitrogen and oxygen atoms in total. The minimum Gasteiger partial charge on any atom is -0.394 e. The summed E-state index contributed by atoms with van der Waals surface area (Å²) in [6.07, 6.45) is 2.44. The Bertz CT molecular complexity index is 1370. The molecule has 0 saturated carbocycles. The average Bonchev–Trinajstić information content (AvgIpc) is 3.01. The lowest BCUT2D eigenvalue weighted by Gasteiger charge is -2.37. The van der Waals surface area contributed by atoms with Crippen LogP contribution < -0.4 is 31.1 Å². The molecule has 6 N–H and O–H groups in total. The number of likely N-dealkylation sites (N-methyl/N-ethyl adjacent to an activating group) is 2. The van der Waals surface area contributed by atoms with E-state index < -0.39 is 12.1 Å². The summed E-state index contributed by atoms with van der Waals surface area (Å²) >= 11 is 0. The fraction of sp³-hybridized carbons (Fsp3) is 0.556. The normalized spacial score (nSPS) is 21.3. The molecule has 0 spiro atoms. The van der Waals surface area contributed by atoms with Crippen molar-refractivity contribution in [3.63, 3.8) is 0 Å². The van der Waals surface area contributed by atoms with Crippen LogP contribution in [0.25, 0.3) is 0 Å². The van der Waals surface area contributed by atoms with Crippen molar-refractivity contribution >= 4 is 46.4 Å². The first-order valence-corrected chi connectivity index (χ1v) is 17.0. The molecule has 2 aromatic carbocycles. The number of amides is 4. The lowest BCUT2D eigenvalue weighted by molar-refractivity contribution is -0.125. The first-order chi connectivity index (χ1) is 22.8. The van der Waals surface area contributed by atoms with Crippen molar-refractivity contribution in [2.75, 3.05) is 47.7 Å². The van der Waals surface area contributed by atoms with Crippen LogP contribution in [0.2, 0.25) is 0 Å². The van der Waals surface area contributed by atoms with E-state index in [9.17, 15) is 29.4 Å². The second-order valence-corrected chi connectivity index (χ2v) is 13.8. The molecule has 2 heterocycles. The Kier molecular flexibility index (Phi) is 12.4. The van der Waals surface area contributed by atoms with E-state index in [4.69, 9.17) is 0 Å². The number of nitrogens with one attached hydrogen (secondary N) is 4. The topological polar surface area (TPSA) is 163 Å². The minimum atomic E-state index is -0.419. The molecule has 2 aliphatic rings. The lowest BCUT2D eigenvalue weighted by Crippen LogP contribution is -2.54. The number of anilines is 4. The second kappa shape index (κ2) is 16.3. The maximum Gasteiger partial charge on any atom is 0.243 e.